The van der Waals surface area contributed by atoms with Crippen molar-refractivity contribution in [2.24, 2.45) is 5.73 Å². The fourth-order valence-electron chi connectivity index (χ4n) is 4.52. The average Bonchev–Trinajstić information content (AvgIpc) is 3.41. The molecule has 0 fully saturated rings. The number of fused-ring (bicyclic) bond motifs is 2. The molecule has 2 aromatic carbocycles. The average molecular weight is 514 g/mol. The van der Waals surface area contributed by atoms with Crippen molar-refractivity contribution in [1.82, 2.24) is 14.4 Å². The van der Waals surface area contributed by atoms with E-state index in [9.17, 15) is 9.59 Å². The Morgan fingerprint density at radius 2 is 1.84 bits per heavy atom. The number of aromatic nitrogens is 3. The number of nitrogens with zero attached hydrogens (tertiary/aromatic N) is 4. The van der Waals surface area contributed by atoms with E-state index < -0.39 is 5.91 Å². The van der Waals surface area contributed by atoms with Crippen LogP contribution in [0, 0.1) is 0 Å². The lowest BCUT2D eigenvalue weighted by Crippen LogP contribution is -2.33. The van der Waals surface area contributed by atoms with Gasteiger partial charge in [0.15, 0.2) is 11.5 Å². The fraction of sp³-hybridized carbons (Fsp3) is 0.185. The van der Waals surface area contributed by atoms with Crippen molar-refractivity contribution in [3.63, 3.8) is 0 Å². The summed E-state index contributed by atoms with van der Waals surface area (Å²) in [5, 5.41) is 6.02. The molecule has 2 aromatic heterocycles. The number of rotatable bonds is 8. The summed E-state index contributed by atoms with van der Waals surface area (Å²) < 4.78 is 12.5. The molecule has 5 rings (SSSR count). The van der Waals surface area contributed by atoms with Crippen molar-refractivity contribution in [3.05, 3.63) is 78.1 Å². The van der Waals surface area contributed by atoms with Crippen LogP contribution in [0.5, 0.6) is 11.5 Å². The Hall–Kier alpha value is -5.06. The van der Waals surface area contributed by atoms with Gasteiger partial charge in [-0.3, -0.25) is 14.0 Å². The summed E-state index contributed by atoms with van der Waals surface area (Å²) in [7, 11) is 3.12. The van der Waals surface area contributed by atoms with Crippen LogP contribution >= 0.6 is 0 Å². The molecule has 0 spiro atoms. The molecule has 11 nitrogen and oxygen atoms in total. The molecule has 0 atom stereocenters. The molecule has 0 unspecified atom stereocenters. The quantitative estimate of drug-likeness (QED) is 0.306. The van der Waals surface area contributed by atoms with Crippen LogP contribution in [0.1, 0.15) is 21.5 Å². The van der Waals surface area contributed by atoms with Crippen LogP contribution in [-0.2, 0) is 17.8 Å². The fourth-order valence-corrected chi connectivity index (χ4v) is 4.52. The zero-order chi connectivity index (χ0) is 26.8. The van der Waals surface area contributed by atoms with Gasteiger partial charge < -0.3 is 30.7 Å². The Labute approximate surface area is 218 Å². The van der Waals surface area contributed by atoms with E-state index in [4.69, 9.17) is 20.2 Å². The lowest BCUT2D eigenvalue weighted by atomic mass is 9.99. The predicted molar refractivity (Wildman–Crippen MR) is 144 cm³/mol. The van der Waals surface area contributed by atoms with Crippen LogP contribution in [0.15, 0.2) is 61.4 Å². The molecule has 11 heteroatoms. The van der Waals surface area contributed by atoms with Crippen molar-refractivity contribution < 1.29 is 19.1 Å². The Balaban J connectivity index is 1.56. The molecule has 0 bridgehead atoms. The number of nitrogens with one attached hydrogen (secondary N) is 2. The molecule has 0 radical (unpaired) electrons. The molecule has 4 aromatic rings. The number of ether oxygens (including phenoxy) is 2. The molecule has 0 saturated carbocycles. The molecule has 2 amide bonds. The second kappa shape index (κ2) is 10.1. The van der Waals surface area contributed by atoms with Gasteiger partial charge in [0.1, 0.15) is 17.1 Å². The number of benzene rings is 2. The second-order valence-electron chi connectivity index (χ2n) is 8.70. The summed E-state index contributed by atoms with van der Waals surface area (Å²) in [6.45, 7) is 4.73. The molecule has 3 heterocycles. The van der Waals surface area contributed by atoms with Gasteiger partial charge in [0.05, 0.1) is 14.2 Å². The van der Waals surface area contributed by atoms with Gasteiger partial charge >= 0.3 is 0 Å². The number of hydrogen-bond donors (Lipinski definition) is 3. The Morgan fingerprint density at radius 3 is 2.53 bits per heavy atom. The van der Waals surface area contributed by atoms with Crippen molar-refractivity contribution in [2.75, 3.05) is 36.3 Å². The van der Waals surface area contributed by atoms with Crippen LogP contribution in [0.3, 0.4) is 0 Å². The maximum absolute atomic E-state index is 12.6. The third-order valence-corrected chi connectivity index (χ3v) is 6.34. The summed E-state index contributed by atoms with van der Waals surface area (Å²) in [4.78, 5) is 35.7. The van der Waals surface area contributed by atoms with Crippen LogP contribution in [0.2, 0.25) is 0 Å². The summed E-state index contributed by atoms with van der Waals surface area (Å²) in [6, 6.07) is 11.1. The molecule has 194 valence electrons. The monoisotopic (exact) mass is 513 g/mol. The molecule has 38 heavy (non-hydrogen) atoms. The maximum Gasteiger partial charge on any atom is 0.256 e. The highest BCUT2D eigenvalue weighted by atomic mass is 16.5. The van der Waals surface area contributed by atoms with Gasteiger partial charge in [0.25, 0.3) is 5.91 Å². The summed E-state index contributed by atoms with van der Waals surface area (Å²) in [5.41, 5.74) is 9.87. The molecule has 4 N–H and O–H groups in total. The lowest BCUT2D eigenvalue weighted by Gasteiger charge is -2.31. The maximum atomic E-state index is 12.6. The topological polar surface area (TPSA) is 136 Å². The van der Waals surface area contributed by atoms with Crippen LogP contribution in [-0.4, -0.2) is 46.9 Å². The highest BCUT2D eigenvalue weighted by molar-refractivity contribution is 6.04. The van der Waals surface area contributed by atoms with Crippen LogP contribution in [0.4, 0.5) is 23.1 Å². The van der Waals surface area contributed by atoms with E-state index in [0.29, 0.717) is 47.6 Å². The van der Waals surface area contributed by atoms with Crippen LogP contribution in [0.25, 0.3) is 5.65 Å². The summed E-state index contributed by atoms with van der Waals surface area (Å²) in [6.07, 6.45) is 5.36. The van der Waals surface area contributed by atoms with Gasteiger partial charge in [0, 0.05) is 55.1 Å². The first-order chi connectivity index (χ1) is 18.4. The van der Waals surface area contributed by atoms with E-state index in [1.807, 2.05) is 18.2 Å². The Kier molecular flexibility index (Phi) is 6.56. The zero-order valence-corrected chi connectivity index (χ0v) is 21.0. The lowest BCUT2D eigenvalue weighted by molar-refractivity contribution is -0.111. The number of carbonyl (C=O) groups excluding carboxylic acids is 2. The molecule has 0 saturated heterocycles. The van der Waals surface area contributed by atoms with Gasteiger partial charge in [-0.05, 0) is 35.8 Å². The molecular formula is C27H27N7O4. The number of amides is 2. The van der Waals surface area contributed by atoms with Crippen molar-refractivity contribution >= 4 is 40.6 Å². The normalized spacial score (nSPS) is 12.5. The van der Waals surface area contributed by atoms with Crippen molar-refractivity contribution in [1.29, 1.82) is 0 Å². The smallest absolute Gasteiger partial charge is 0.256 e. The highest BCUT2D eigenvalue weighted by Gasteiger charge is 2.25. The number of hydrogen-bond acceptors (Lipinski definition) is 8. The van der Waals surface area contributed by atoms with Gasteiger partial charge in [-0.25, -0.2) is 4.98 Å². The minimum atomic E-state index is -0.663. The third kappa shape index (κ3) is 4.69. The number of anilines is 4. The first kappa shape index (κ1) is 24.6. The van der Waals surface area contributed by atoms with Gasteiger partial charge in [0.2, 0.25) is 11.9 Å². The van der Waals surface area contributed by atoms with Crippen molar-refractivity contribution in [3.8, 4) is 11.5 Å². The van der Waals surface area contributed by atoms with Gasteiger partial charge in [-0.15, -0.1) is 0 Å². The van der Waals surface area contributed by atoms with E-state index in [1.165, 1.54) is 11.6 Å². The first-order valence-corrected chi connectivity index (χ1v) is 11.9. The minimum absolute atomic E-state index is 0.160. The summed E-state index contributed by atoms with van der Waals surface area (Å²) in [5.74, 6) is 1.06. The predicted octanol–water partition coefficient (Wildman–Crippen LogP) is 3.28. The Morgan fingerprint density at radius 1 is 1.08 bits per heavy atom. The van der Waals surface area contributed by atoms with E-state index in [-0.39, 0.29) is 17.3 Å². The second-order valence-corrected chi connectivity index (χ2v) is 8.70. The first-order valence-electron chi connectivity index (χ1n) is 11.9. The molecule has 1 aliphatic heterocycles. The SMILES string of the molecule is C=CC(=O)Nc1ccc2c(c1)CN(c1nc(Nc3cc(OC)cc(OC)c3)c(C(N)=O)c3nccn13)CC2. The van der Waals surface area contributed by atoms with E-state index >= 15 is 0 Å². The van der Waals surface area contributed by atoms with Gasteiger partial charge in [-0.2, -0.15) is 4.98 Å². The Bertz CT molecular complexity index is 1540. The van der Waals surface area contributed by atoms with E-state index in [0.717, 1.165) is 12.0 Å². The molecular weight excluding hydrogens is 486 g/mol. The molecule has 1 aliphatic rings. The van der Waals surface area contributed by atoms with Gasteiger partial charge in [-0.1, -0.05) is 12.6 Å². The largest absolute Gasteiger partial charge is 0.497 e. The number of nitrogens with two attached hydrogens (primary N) is 1. The highest BCUT2D eigenvalue weighted by Crippen LogP contribution is 2.33. The van der Waals surface area contributed by atoms with Crippen molar-refractivity contribution in [2.45, 2.75) is 13.0 Å². The number of carbonyl (C=O) groups is 2. The standard InChI is InChI=1S/C27H27N7O4/c1-4-22(35)30-18-6-5-16-7-9-33(15-17(16)11-18)27-32-25(23(24(28)36)26-29-8-10-34(26)27)31-19-12-20(37-2)14-21(13-19)38-3/h4-6,8,10-14,31H,1,7,9,15H2,2-3H3,(H2,28,36)(H,30,35). The zero-order valence-electron chi connectivity index (χ0n) is 21.0. The van der Waals surface area contributed by atoms with Crippen LogP contribution < -0.4 is 30.7 Å². The van der Waals surface area contributed by atoms with E-state index in [1.54, 1.807) is 49.2 Å². The summed E-state index contributed by atoms with van der Waals surface area (Å²) >= 11 is 0. The third-order valence-electron chi connectivity index (χ3n) is 6.34. The number of methoxy groups -OCH3 is 2. The number of imidazole rings is 1. The van der Waals surface area contributed by atoms with E-state index in [2.05, 4.69) is 27.1 Å². The number of primary amides is 1. The minimum Gasteiger partial charge on any atom is -0.497 e. The molecule has 0 aliphatic carbocycles.